The van der Waals surface area contributed by atoms with Crippen molar-refractivity contribution in [3.05, 3.63) is 0 Å². The van der Waals surface area contributed by atoms with Crippen LogP contribution in [0, 0.1) is 0 Å². The van der Waals surface area contributed by atoms with Crippen LogP contribution in [0.3, 0.4) is 0 Å². The Morgan fingerprint density at radius 3 is 2.47 bits per heavy atom. The van der Waals surface area contributed by atoms with Crippen molar-refractivity contribution in [2.75, 3.05) is 18.1 Å². The zero-order valence-electron chi connectivity index (χ0n) is 11.7. The quantitative estimate of drug-likeness (QED) is 0.842. The first-order chi connectivity index (χ1) is 8.84. The fourth-order valence-corrected chi connectivity index (χ4v) is 3.81. The number of carbonyl (C=O) groups excluding carboxylic acids is 1. The molecule has 0 aromatic rings. The first kappa shape index (κ1) is 17.1. The van der Waals surface area contributed by atoms with E-state index in [1.165, 1.54) is 50.7 Å². The van der Waals surface area contributed by atoms with Gasteiger partial charge < -0.3 is 10.6 Å². The predicted molar refractivity (Wildman–Crippen MR) is 85.2 cm³/mol. The molecule has 19 heavy (non-hydrogen) atoms. The molecule has 1 saturated heterocycles. The van der Waals surface area contributed by atoms with Crippen LogP contribution in [0.4, 0.5) is 0 Å². The molecule has 1 amide bonds. The van der Waals surface area contributed by atoms with Crippen LogP contribution in [0.2, 0.25) is 0 Å². The van der Waals surface area contributed by atoms with Crippen molar-refractivity contribution in [1.29, 1.82) is 0 Å². The molecule has 1 unspecified atom stereocenters. The first-order valence-corrected chi connectivity index (χ1v) is 8.60. The van der Waals surface area contributed by atoms with E-state index in [4.69, 9.17) is 0 Å². The highest BCUT2D eigenvalue weighted by Gasteiger charge is 2.19. The molecule has 0 bridgehead atoms. The Morgan fingerprint density at radius 2 is 1.84 bits per heavy atom. The third-order valence-electron chi connectivity index (χ3n) is 3.90. The summed E-state index contributed by atoms with van der Waals surface area (Å²) in [6, 6.07) is 0.825. The minimum absolute atomic E-state index is 0. The molecule has 0 spiro atoms. The monoisotopic (exact) mass is 306 g/mol. The highest BCUT2D eigenvalue weighted by atomic mass is 35.5. The van der Waals surface area contributed by atoms with Crippen LogP contribution >= 0.6 is 24.2 Å². The second-order valence-electron chi connectivity index (χ2n) is 5.54. The molecule has 2 fully saturated rings. The molecule has 1 aliphatic carbocycles. The number of carbonyl (C=O) groups is 1. The average Bonchev–Trinajstić information content (AvgIpc) is 2.34. The summed E-state index contributed by atoms with van der Waals surface area (Å²) in [6.45, 7) is 1.05. The van der Waals surface area contributed by atoms with Crippen LogP contribution in [0.15, 0.2) is 0 Å². The van der Waals surface area contributed by atoms with Crippen LogP contribution in [0.25, 0.3) is 0 Å². The largest absolute Gasteiger partial charge is 0.353 e. The molecule has 2 aliphatic rings. The van der Waals surface area contributed by atoms with Crippen molar-refractivity contribution in [2.24, 2.45) is 0 Å². The van der Waals surface area contributed by atoms with Gasteiger partial charge in [-0.2, -0.15) is 11.8 Å². The lowest BCUT2D eigenvalue weighted by atomic mass is 9.96. The molecular formula is C14H27ClN2OS. The Morgan fingerprint density at radius 1 is 1.16 bits per heavy atom. The zero-order chi connectivity index (χ0) is 12.6. The smallest absolute Gasteiger partial charge is 0.221 e. The second kappa shape index (κ2) is 9.89. The van der Waals surface area contributed by atoms with Crippen LogP contribution < -0.4 is 10.6 Å². The maximum Gasteiger partial charge on any atom is 0.221 e. The van der Waals surface area contributed by atoms with E-state index in [2.05, 4.69) is 10.6 Å². The van der Waals surface area contributed by atoms with Gasteiger partial charge in [-0.05, 0) is 12.8 Å². The number of halogens is 1. The van der Waals surface area contributed by atoms with E-state index in [9.17, 15) is 4.79 Å². The van der Waals surface area contributed by atoms with Crippen molar-refractivity contribution < 1.29 is 4.79 Å². The third-order valence-corrected chi connectivity index (χ3v) is 5.03. The van der Waals surface area contributed by atoms with Crippen molar-refractivity contribution in [1.82, 2.24) is 10.6 Å². The highest BCUT2D eigenvalue weighted by molar-refractivity contribution is 7.99. The zero-order valence-corrected chi connectivity index (χ0v) is 13.3. The van der Waals surface area contributed by atoms with Gasteiger partial charge in [0.15, 0.2) is 0 Å². The summed E-state index contributed by atoms with van der Waals surface area (Å²) < 4.78 is 0. The van der Waals surface area contributed by atoms with Gasteiger partial charge in [-0.15, -0.1) is 12.4 Å². The Balaban J connectivity index is 0.00000180. The van der Waals surface area contributed by atoms with E-state index < -0.39 is 0 Å². The maximum absolute atomic E-state index is 12.0. The normalized spacial score (nSPS) is 25.8. The van der Waals surface area contributed by atoms with Crippen LogP contribution in [-0.2, 0) is 4.79 Å². The van der Waals surface area contributed by atoms with Crippen molar-refractivity contribution in [3.63, 3.8) is 0 Å². The summed E-state index contributed by atoms with van der Waals surface area (Å²) in [7, 11) is 0. The molecule has 2 N–H and O–H groups in total. The van der Waals surface area contributed by atoms with E-state index in [1.54, 1.807) is 0 Å². The molecule has 1 atom stereocenters. The van der Waals surface area contributed by atoms with Crippen LogP contribution in [0.5, 0.6) is 0 Å². The number of rotatable bonds is 3. The van der Waals surface area contributed by atoms with Gasteiger partial charge in [-0.25, -0.2) is 0 Å². The minimum atomic E-state index is 0. The Hall–Kier alpha value is 0.0700. The Kier molecular flexibility index (Phi) is 8.92. The molecule has 0 radical (unpaired) electrons. The lowest BCUT2D eigenvalue weighted by Gasteiger charge is -2.25. The molecule has 1 saturated carbocycles. The van der Waals surface area contributed by atoms with Crippen molar-refractivity contribution in [3.8, 4) is 0 Å². The Labute approximate surface area is 127 Å². The van der Waals surface area contributed by atoms with E-state index in [1.807, 2.05) is 11.8 Å². The van der Waals surface area contributed by atoms with Gasteiger partial charge >= 0.3 is 0 Å². The molecule has 112 valence electrons. The lowest BCUT2D eigenvalue weighted by Crippen LogP contribution is -2.43. The topological polar surface area (TPSA) is 41.1 Å². The predicted octanol–water partition coefficient (Wildman–Crippen LogP) is 2.73. The molecule has 3 nitrogen and oxygen atoms in total. The number of nitrogens with one attached hydrogen (secondary N) is 2. The second-order valence-corrected chi connectivity index (χ2v) is 6.69. The summed E-state index contributed by atoms with van der Waals surface area (Å²) in [6.07, 6.45) is 9.63. The summed E-state index contributed by atoms with van der Waals surface area (Å²) in [4.78, 5) is 12.0. The molecule has 1 heterocycles. The average molecular weight is 307 g/mol. The SMILES string of the molecule is Cl.O=C(CC1CSCCN1)NC1CCCCCCC1. The number of hydrogen-bond donors (Lipinski definition) is 2. The third kappa shape index (κ3) is 6.87. The highest BCUT2D eigenvalue weighted by Crippen LogP contribution is 2.17. The van der Waals surface area contributed by atoms with Gasteiger partial charge in [0.1, 0.15) is 0 Å². The Bertz CT molecular complexity index is 252. The van der Waals surface area contributed by atoms with Gasteiger partial charge in [0.2, 0.25) is 5.91 Å². The van der Waals surface area contributed by atoms with Gasteiger partial charge in [0.05, 0.1) is 0 Å². The fraction of sp³-hybridized carbons (Fsp3) is 0.929. The summed E-state index contributed by atoms with van der Waals surface area (Å²) in [5.41, 5.74) is 0. The standard InChI is InChI=1S/C14H26N2OS.ClH/c17-14(10-13-11-18-9-8-15-13)16-12-6-4-2-1-3-5-7-12;/h12-13,15H,1-11H2,(H,16,17);1H. The van der Waals surface area contributed by atoms with Crippen molar-refractivity contribution >= 4 is 30.1 Å². The van der Waals surface area contributed by atoms with E-state index in [0.717, 1.165) is 12.3 Å². The molecule has 0 aromatic heterocycles. The van der Waals surface area contributed by atoms with Gasteiger partial charge in [-0.3, -0.25) is 4.79 Å². The summed E-state index contributed by atoms with van der Waals surface area (Å²) >= 11 is 1.95. The lowest BCUT2D eigenvalue weighted by molar-refractivity contribution is -0.122. The van der Waals surface area contributed by atoms with Gasteiger partial charge in [0, 0.05) is 36.6 Å². The summed E-state index contributed by atoms with van der Waals surface area (Å²) in [5, 5.41) is 6.67. The number of hydrogen-bond acceptors (Lipinski definition) is 3. The molecule has 0 aromatic carbocycles. The van der Waals surface area contributed by atoms with Crippen molar-refractivity contribution in [2.45, 2.75) is 63.5 Å². The van der Waals surface area contributed by atoms with Crippen LogP contribution in [-0.4, -0.2) is 36.0 Å². The molecular weight excluding hydrogens is 280 g/mol. The summed E-state index contributed by atoms with van der Waals surface area (Å²) in [5.74, 6) is 2.51. The number of amides is 1. The van der Waals surface area contributed by atoms with Gasteiger partial charge in [-0.1, -0.05) is 32.1 Å². The fourth-order valence-electron chi connectivity index (χ4n) is 2.86. The van der Waals surface area contributed by atoms with Crippen LogP contribution in [0.1, 0.15) is 51.4 Å². The van der Waals surface area contributed by atoms with E-state index in [-0.39, 0.29) is 18.3 Å². The number of thioether (sulfide) groups is 1. The minimum Gasteiger partial charge on any atom is -0.353 e. The molecule has 1 aliphatic heterocycles. The van der Waals surface area contributed by atoms with E-state index >= 15 is 0 Å². The molecule has 2 rings (SSSR count). The maximum atomic E-state index is 12.0. The van der Waals surface area contributed by atoms with Gasteiger partial charge in [0.25, 0.3) is 0 Å². The molecule has 5 heteroatoms. The van der Waals surface area contributed by atoms with E-state index in [0.29, 0.717) is 18.5 Å². The first-order valence-electron chi connectivity index (χ1n) is 7.45.